The Bertz CT molecular complexity index is 1030. The van der Waals surface area contributed by atoms with Crippen LogP contribution in [0.15, 0.2) is 36.4 Å². The number of para-hydroxylation sites is 2. The smallest absolute Gasteiger partial charge is 0.265 e. The fraction of sp³-hybridized carbons (Fsp3) is 0.417. The first kappa shape index (κ1) is 23.0. The molecule has 0 aliphatic carbocycles. The molecule has 0 spiro atoms. The van der Waals surface area contributed by atoms with E-state index in [1.54, 1.807) is 12.1 Å². The molecule has 2 aliphatic heterocycles. The first-order chi connectivity index (χ1) is 16.0. The van der Waals surface area contributed by atoms with Gasteiger partial charge in [0.15, 0.2) is 6.10 Å². The van der Waals surface area contributed by atoms with Gasteiger partial charge < -0.3 is 29.3 Å². The normalized spacial score (nSPS) is 17.6. The monoisotopic (exact) mass is 473 g/mol. The fourth-order valence-electron chi connectivity index (χ4n) is 4.22. The van der Waals surface area contributed by atoms with E-state index in [4.69, 9.17) is 25.8 Å². The van der Waals surface area contributed by atoms with Gasteiger partial charge in [-0.1, -0.05) is 23.7 Å². The van der Waals surface area contributed by atoms with Crippen LogP contribution in [-0.2, 0) is 9.59 Å². The average molecular weight is 474 g/mol. The summed E-state index contributed by atoms with van der Waals surface area (Å²) in [6, 6.07) is 10.7. The van der Waals surface area contributed by atoms with Crippen molar-refractivity contribution in [2.45, 2.75) is 25.4 Å². The number of likely N-dealkylation sites (tertiary alicyclic amines) is 1. The van der Waals surface area contributed by atoms with Crippen molar-refractivity contribution < 1.29 is 23.8 Å². The van der Waals surface area contributed by atoms with Crippen LogP contribution in [-0.4, -0.2) is 63.2 Å². The molecule has 2 heterocycles. The zero-order valence-electron chi connectivity index (χ0n) is 18.8. The molecular weight excluding hydrogens is 446 g/mol. The van der Waals surface area contributed by atoms with Gasteiger partial charge in [-0.3, -0.25) is 9.59 Å². The molecule has 0 aromatic heterocycles. The number of methoxy groups -OCH3 is 2. The second-order valence-corrected chi connectivity index (χ2v) is 8.48. The molecule has 176 valence electrons. The van der Waals surface area contributed by atoms with Crippen molar-refractivity contribution in [2.24, 2.45) is 0 Å². The second kappa shape index (κ2) is 10.2. The molecule has 1 atom stereocenters. The largest absolute Gasteiger partial charge is 0.495 e. The van der Waals surface area contributed by atoms with E-state index < -0.39 is 6.10 Å². The van der Waals surface area contributed by atoms with Crippen LogP contribution in [0, 0.1) is 0 Å². The van der Waals surface area contributed by atoms with Gasteiger partial charge in [-0.2, -0.15) is 0 Å². The highest BCUT2D eigenvalue weighted by Gasteiger charge is 2.34. The third-order valence-corrected chi connectivity index (χ3v) is 6.18. The highest BCUT2D eigenvalue weighted by atomic mass is 35.5. The Morgan fingerprint density at radius 2 is 1.82 bits per heavy atom. The number of amides is 2. The van der Waals surface area contributed by atoms with Crippen molar-refractivity contribution in [2.75, 3.05) is 50.6 Å². The van der Waals surface area contributed by atoms with Gasteiger partial charge >= 0.3 is 0 Å². The number of hydrogen-bond acceptors (Lipinski definition) is 6. The number of nitrogens with one attached hydrogen (secondary N) is 1. The lowest BCUT2D eigenvalue weighted by Gasteiger charge is -2.38. The molecule has 0 radical (unpaired) electrons. The van der Waals surface area contributed by atoms with Crippen molar-refractivity contribution in [3.8, 4) is 17.2 Å². The van der Waals surface area contributed by atoms with Crippen LogP contribution in [0.1, 0.15) is 19.3 Å². The van der Waals surface area contributed by atoms with Crippen LogP contribution in [0.3, 0.4) is 0 Å². The van der Waals surface area contributed by atoms with Crippen molar-refractivity contribution in [1.29, 1.82) is 0 Å². The molecule has 2 amide bonds. The maximum Gasteiger partial charge on any atom is 0.265 e. The van der Waals surface area contributed by atoms with Crippen LogP contribution in [0.2, 0.25) is 5.02 Å². The molecule has 9 heteroatoms. The van der Waals surface area contributed by atoms with Crippen LogP contribution >= 0.6 is 11.6 Å². The van der Waals surface area contributed by atoms with E-state index in [0.29, 0.717) is 34.5 Å². The number of piperidine rings is 1. The highest BCUT2D eigenvalue weighted by Crippen LogP contribution is 2.37. The molecule has 1 fully saturated rings. The highest BCUT2D eigenvalue weighted by molar-refractivity contribution is 6.32. The van der Waals surface area contributed by atoms with Crippen molar-refractivity contribution >= 4 is 34.8 Å². The van der Waals surface area contributed by atoms with Crippen LogP contribution in [0.4, 0.5) is 11.4 Å². The molecule has 1 saturated heterocycles. The van der Waals surface area contributed by atoms with Gasteiger partial charge in [-0.25, -0.2) is 0 Å². The maximum absolute atomic E-state index is 13.1. The van der Waals surface area contributed by atoms with Gasteiger partial charge in [-0.05, 0) is 37.5 Å². The summed E-state index contributed by atoms with van der Waals surface area (Å²) >= 11 is 6.23. The molecule has 2 aromatic carbocycles. The molecule has 2 aromatic rings. The number of hydrogen-bond donors (Lipinski definition) is 1. The number of halogens is 1. The Morgan fingerprint density at radius 1 is 1.09 bits per heavy atom. The molecule has 1 N–H and O–H groups in total. The Labute approximate surface area is 198 Å². The zero-order chi connectivity index (χ0) is 23.4. The number of nitrogens with zero attached hydrogens (tertiary/aromatic N) is 2. The summed E-state index contributed by atoms with van der Waals surface area (Å²) in [5.74, 6) is 1.18. The number of carbonyl (C=O) groups is 2. The molecule has 33 heavy (non-hydrogen) atoms. The lowest BCUT2D eigenvalue weighted by Crippen LogP contribution is -2.52. The van der Waals surface area contributed by atoms with Gasteiger partial charge in [0.1, 0.15) is 17.2 Å². The predicted octanol–water partition coefficient (Wildman–Crippen LogP) is 3.58. The van der Waals surface area contributed by atoms with E-state index >= 15 is 0 Å². The van der Waals surface area contributed by atoms with Gasteiger partial charge in [0, 0.05) is 19.2 Å². The summed E-state index contributed by atoms with van der Waals surface area (Å²) in [5, 5.41) is 3.22. The van der Waals surface area contributed by atoms with E-state index in [1.807, 2.05) is 34.1 Å². The third-order valence-electron chi connectivity index (χ3n) is 5.89. The Balaban J connectivity index is 1.51. The maximum atomic E-state index is 13.1. The van der Waals surface area contributed by atoms with E-state index in [2.05, 4.69) is 5.32 Å². The van der Waals surface area contributed by atoms with Crippen molar-refractivity contribution in [3.05, 3.63) is 41.4 Å². The predicted molar refractivity (Wildman–Crippen MR) is 127 cm³/mol. The number of rotatable bonds is 6. The number of carbonyl (C=O) groups excluding carboxylic acids is 2. The first-order valence-electron chi connectivity index (χ1n) is 11.0. The van der Waals surface area contributed by atoms with Gasteiger partial charge in [-0.15, -0.1) is 0 Å². The zero-order valence-corrected chi connectivity index (χ0v) is 19.6. The van der Waals surface area contributed by atoms with E-state index in [0.717, 1.165) is 38.0 Å². The number of ether oxygens (including phenoxy) is 3. The van der Waals surface area contributed by atoms with E-state index in [-0.39, 0.29) is 18.4 Å². The lowest BCUT2D eigenvalue weighted by atomic mass is 10.1. The van der Waals surface area contributed by atoms with Gasteiger partial charge in [0.2, 0.25) is 5.91 Å². The third kappa shape index (κ3) is 5.11. The molecule has 2 aliphatic rings. The van der Waals surface area contributed by atoms with Crippen molar-refractivity contribution in [3.63, 3.8) is 0 Å². The average Bonchev–Trinajstić information content (AvgIpc) is 2.84. The van der Waals surface area contributed by atoms with Crippen molar-refractivity contribution in [1.82, 2.24) is 4.90 Å². The fourth-order valence-corrected chi connectivity index (χ4v) is 4.46. The minimum Gasteiger partial charge on any atom is -0.495 e. The summed E-state index contributed by atoms with van der Waals surface area (Å²) in [7, 11) is 3.02. The van der Waals surface area contributed by atoms with Gasteiger partial charge in [0.25, 0.3) is 5.91 Å². The molecule has 8 nitrogen and oxygen atoms in total. The van der Waals surface area contributed by atoms with Crippen LogP contribution < -0.4 is 24.4 Å². The summed E-state index contributed by atoms with van der Waals surface area (Å²) in [5.41, 5.74) is 1.21. The lowest BCUT2D eigenvalue weighted by molar-refractivity contribution is -0.139. The standard InChI is InChI=1S/C24H28ClN3O5/c1-31-20-13-21(32-2)17(12-16(20)25)26-23(29)15-28-14-22(24(30)27-10-6-3-7-11-27)33-19-9-5-4-8-18(19)28/h4-5,8-9,12-13,22H,3,6-7,10-11,14-15H2,1-2H3,(H,26,29)/t22-/m0/s1. The molecular formula is C24H28ClN3O5. The Morgan fingerprint density at radius 3 is 2.55 bits per heavy atom. The summed E-state index contributed by atoms with van der Waals surface area (Å²) in [6.07, 6.45) is 2.50. The van der Waals surface area contributed by atoms with E-state index in [9.17, 15) is 9.59 Å². The molecule has 0 bridgehead atoms. The molecule has 0 saturated carbocycles. The quantitative estimate of drug-likeness (QED) is 0.690. The minimum absolute atomic E-state index is 0.0294. The van der Waals surface area contributed by atoms with Crippen LogP contribution in [0.25, 0.3) is 0 Å². The molecule has 0 unspecified atom stereocenters. The summed E-state index contributed by atoms with van der Waals surface area (Å²) in [4.78, 5) is 29.8. The number of benzene rings is 2. The number of anilines is 2. The summed E-state index contributed by atoms with van der Waals surface area (Å²) < 4.78 is 16.6. The summed E-state index contributed by atoms with van der Waals surface area (Å²) in [6.45, 7) is 1.83. The van der Waals surface area contributed by atoms with Gasteiger partial charge in [0.05, 0.1) is 43.7 Å². The van der Waals surface area contributed by atoms with Crippen LogP contribution in [0.5, 0.6) is 17.2 Å². The topological polar surface area (TPSA) is 80.3 Å². The van der Waals surface area contributed by atoms with E-state index in [1.165, 1.54) is 14.2 Å². The molecule has 4 rings (SSSR count). The Hall–Kier alpha value is -3.13. The SMILES string of the molecule is COc1cc(OC)c(NC(=O)CN2C[C@@H](C(=O)N3CCCCC3)Oc3ccccc32)cc1Cl. The Kier molecular flexibility index (Phi) is 7.13. The number of fused-ring (bicyclic) bond motifs is 1. The second-order valence-electron chi connectivity index (χ2n) is 8.08. The minimum atomic E-state index is -0.657. The first-order valence-corrected chi connectivity index (χ1v) is 11.4.